The van der Waals surface area contributed by atoms with E-state index in [-0.39, 0.29) is 11.2 Å². The number of aryl methyl sites for hydroxylation is 1. The van der Waals surface area contributed by atoms with Crippen molar-refractivity contribution < 1.29 is 27.8 Å². The van der Waals surface area contributed by atoms with Crippen LogP contribution < -0.4 is 4.74 Å². The Kier molecular flexibility index (Phi) is 11.6. The molecule has 2 aliphatic rings. The number of Topliss-reactive ketones (excluding diaryl/α,β-unsaturated/α-hetero) is 1. The number of hydrogen-bond donors (Lipinski definition) is 1. The first-order valence-electron chi connectivity index (χ1n) is 13.5. The quantitative estimate of drug-likeness (QED) is 0.295. The van der Waals surface area contributed by atoms with Crippen LogP contribution in [0.3, 0.4) is 0 Å². The third kappa shape index (κ3) is 11.4. The highest BCUT2D eigenvalue weighted by molar-refractivity contribution is 5.82. The zero-order valence-electron chi connectivity index (χ0n) is 21.9. The number of hydrogen-bond acceptors (Lipinski definition) is 3. The fourth-order valence-electron chi connectivity index (χ4n) is 5.03. The number of carbonyl (C=O) groups is 1. The molecule has 200 valence electrons. The van der Waals surface area contributed by atoms with E-state index in [1.807, 2.05) is 6.92 Å². The number of carbonyl (C=O) groups excluding carboxylic acids is 1. The molecule has 3 nitrogen and oxygen atoms in total. The molecule has 3 rings (SSSR count). The Balaban J connectivity index is 0.000000283. The lowest BCUT2D eigenvalue weighted by molar-refractivity contribution is -0.153. The van der Waals surface area contributed by atoms with Gasteiger partial charge in [0.25, 0.3) is 0 Å². The van der Waals surface area contributed by atoms with Crippen molar-refractivity contribution in [3.05, 3.63) is 29.8 Å². The van der Waals surface area contributed by atoms with Crippen LogP contribution in [-0.2, 0) is 4.79 Å². The summed E-state index contributed by atoms with van der Waals surface area (Å²) in [4.78, 5) is 12.2. The standard InChI is InChI=1S/C20H36O2.C9H9F3O/c1-3-4-6-11-19(17(2)21)13-15-20(22,16-14-19)12-7-5-8-18-9-10-18;1-7-2-4-8(5-3-7)13-6-9(10,11)12/h18,22H,3-16H2,1-2H3;2-5H,6H2,1H3. The second-order valence-electron chi connectivity index (χ2n) is 10.9. The van der Waals surface area contributed by atoms with Crippen molar-refractivity contribution in [1.82, 2.24) is 0 Å². The third-order valence-electron chi connectivity index (χ3n) is 7.77. The lowest BCUT2D eigenvalue weighted by atomic mass is 9.63. The Morgan fingerprint density at radius 3 is 2.11 bits per heavy atom. The molecular weight excluding hydrogens is 453 g/mol. The van der Waals surface area contributed by atoms with E-state index in [1.165, 1.54) is 50.7 Å². The Bertz CT molecular complexity index is 745. The monoisotopic (exact) mass is 498 g/mol. The summed E-state index contributed by atoms with van der Waals surface area (Å²) in [5.74, 6) is 1.60. The number of rotatable bonds is 12. The van der Waals surface area contributed by atoms with Gasteiger partial charge in [-0.3, -0.25) is 4.79 Å². The van der Waals surface area contributed by atoms with Crippen LogP contribution in [-0.4, -0.2) is 29.3 Å². The predicted octanol–water partition coefficient (Wildman–Crippen LogP) is 8.35. The summed E-state index contributed by atoms with van der Waals surface area (Å²) >= 11 is 0. The van der Waals surface area contributed by atoms with E-state index in [2.05, 4.69) is 11.7 Å². The Hall–Kier alpha value is -1.56. The molecule has 0 spiro atoms. The fraction of sp³-hybridized carbons (Fsp3) is 0.759. The molecule has 1 aromatic carbocycles. The van der Waals surface area contributed by atoms with Gasteiger partial charge < -0.3 is 9.84 Å². The second kappa shape index (κ2) is 13.7. The molecule has 0 unspecified atom stereocenters. The number of aliphatic hydroxyl groups is 1. The smallest absolute Gasteiger partial charge is 0.422 e. The number of ketones is 1. The van der Waals surface area contributed by atoms with Crippen LogP contribution in [0.15, 0.2) is 24.3 Å². The van der Waals surface area contributed by atoms with Crippen molar-refractivity contribution in [2.75, 3.05) is 6.61 Å². The topological polar surface area (TPSA) is 46.5 Å². The third-order valence-corrected chi connectivity index (χ3v) is 7.77. The maximum atomic E-state index is 12.2. The van der Waals surface area contributed by atoms with Gasteiger partial charge in [0.2, 0.25) is 0 Å². The predicted molar refractivity (Wildman–Crippen MR) is 135 cm³/mol. The van der Waals surface area contributed by atoms with Crippen molar-refractivity contribution in [3.63, 3.8) is 0 Å². The van der Waals surface area contributed by atoms with E-state index in [9.17, 15) is 23.1 Å². The van der Waals surface area contributed by atoms with E-state index >= 15 is 0 Å². The minimum absolute atomic E-state index is 0.116. The molecule has 35 heavy (non-hydrogen) atoms. The highest BCUT2D eigenvalue weighted by Crippen LogP contribution is 2.46. The summed E-state index contributed by atoms with van der Waals surface area (Å²) in [5.41, 5.74) is 0.391. The summed E-state index contributed by atoms with van der Waals surface area (Å²) < 4.78 is 39.6. The van der Waals surface area contributed by atoms with Crippen LogP contribution in [0.4, 0.5) is 13.2 Å². The zero-order chi connectivity index (χ0) is 26.0. The van der Waals surface area contributed by atoms with Crippen LogP contribution in [0.5, 0.6) is 5.75 Å². The van der Waals surface area contributed by atoms with Gasteiger partial charge >= 0.3 is 6.18 Å². The van der Waals surface area contributed by atoms with Crippen molar-refractivity contribution >= 4 is 5.78 Å². The molecule has 0 radical (unpaired) electrons. The fourth-order valence-corrected chi connectivity index (χ4v) is 5.03. The molecule has 2 fully saturated rings. The van der Waals surface area contributed by atoms with E-state index in [0.29, 0.717) is 5.78 Å². The van der Waals surface area contributed by atoms with Crippen LogP contribution in [0, 0.1) is 18.3 Å². The maximum absolute atomic E-state index is 12.2. The lowest BCUT2D eigenvalue weighted by Crippen LogP contribution is -2.42. The number of alkyl halides is 3. The first kappa shape index (κ1) is 29.7. The van der Waals surface area contributed by atoms with Gasteiger partial charge in [0.15, 0.2) is 6.61 Å². The van der Waals surface area contributed by atoms with Crippen molar-refractivity contribution in [3.8, 4) is 5.75 Å². The molecule has 0 atom stereocenters. The van der Waals surface area contributed by atoms with Gasteiger partial charge in [-0.2, -0.15) is 13.2 Å². The van der Waals surface area contributed by atoms with Crippen LogP contribution in [0.2, 0.25) is 0 Å². The van der Waals surface area contributed by atoms with Gasteiger partial charge in [0.1, 0.15) is 11.5 Å². The van der Waals surface area contributed by atoms with Gasteiger partial charge in [-0.1, -0.05) is 76.0 Å². The minimum atomic E-state index is -4.27. The average Bonchev–Trinajstić information content (AvgIpc) is 3.63. The first-order valence-corrected chi connectivity index (χ1v) is 13.5. The summed E-state index contributed by atoms with van der Waals surface area (Å²) in [6.45, 7) is 4.59. The molecule has 0 aliphatic heterocycles. The van der Waals surface area contributed by atoms with Gasteiger partial charge in [0, 0.05) is 5.41 Å². The van der Waals surface area contributed by atoms with Crippen LogP contribution in [0.25, 0.3) is 0 Å². The number of halogens is 3. The molecule has 6 heteroatoms. The molecule has 0 saturated heterocycles. The molecule has 1 aromatic rings. The molecule has 1 N–H and O–H groups in total. The molecule has 0 heterocycles. The van der Waals surface area contributed by atoms with Gasteiger partial charge in [-0.25, -0.2) is 0 Å². The van der Waals surface area contributed by atoms with Crippen molar-refractivity contribution in [2.24, 2.45) is 11.3 Å². The van der Waals surface area contributed by atoms with E-state index in [4.69, 9.17) is 0 Å². The molecular formula is C29H45F3O3. The minimum Gasteiger partial charge on any atom is -0.484 e. The Labute approximate surface area is 209 Å². The Morgan fingerprint density at radius 2 is 1.60 bits per heavy atom. The lowest BCUT2D eigenvalue weighted by Gasteiger charge is -2.43. The first-order chi connectivity index (χ1) is 16.5. The van der Waals surface area contributed by atoms with E-state index in [0.717, 1.165) is 62.8 Å². The number of unbranched alkanes of at least 4 members (excludes halogenated alkanes) is 3. The number of ether oxygens (including phenoxy) is 1. The van der Waals surface area contributed by atoms with Gasteiger partial charge in [-0.15, -0.1) is 0 Å². The van der Waals surface area contributed by atoms with Gasteiger partial charge in [-0.05, 0) is 70.4 Å². The highest BCUT2D eigenvalue weighted by Gasteiger charge is 2.43. The SMILES string of the molecule is CCCCCC1(C(C)=O)CCC(O)(CCCCC2CC2)CC1.Cc1ccc(OCC(F)(F)F)cc1. The van der Waals surface area contributed by atoms with Crippen molar-refractivity contribution in [1.29, 1.82) is 0 Å². The van der Waals surface area contributed by atoms with Crippen LogP contribution >= 0.6 is 0 Å². The van der Waals surface area contributed by atoms with E-state index < -0.39 is 18.4 Å². The summed E-state index contributed by atoms with van der Waals surface area (Å²) in [6.07, 6.45) is 11.5. The number of benzene rings is 1. The van der Waals surface area contributed by atoms with Gasteiger partial charge in [0.05, 0.1) is 5.60 Å². The Morgan fingerprint density at radius 1 is 1.00 bits per heavy atom. The molecule has 0 bridgehead atoms. The normalized spacial score (nSPS) is 24.4. The summed E-state index contributed by atoms with van der Waals surface area (Å²) in [5, 5.41) is 10.8. The second-order valence-corrected chi connectivity index (χ2v) is 10.9. The zero-order valence-corrected chi connectivity index (χ0v) is 21.9. The largest absolute Gasteiger partial charge is 0.484 e. The maximum Gasteiger partial charge on any atom is 0.422 e. The molecule has 0 amide bonds. The average molecular weight is 499 g/mol. The molecule has 2 aliphatic carbocycles. The van der Waals surface area contributed by atoms with Crippen LogP contribution in [0.1, 0.15) is 109 Å². The summed E-state index contributed by atoms with van der Waals surface area (Å²) in [7, 11) is 0. The molecule has 2 saturated carbocycles. The van der Waals surface area contributed by atoms with Crippen molar-refractivity contribution in [2.45, 2.75) is 122 Å². The molecule has 0 aromatic heterocycles. The van der Waals surface area contributed by atoms with E-state index in [1.54, 1.807) is 19.1 Å². The highest BCUT2D eigenvalue weighted by atomic mass is 19.4. The summed E-state index contributed by atoms with van der Waals surface area (Å²) in [6, 6.07) is 6.43.